The highest BCUT2D eigenvalue weighted by atomic mass is 35.5. The zero-order valence-electron chi connectivity index (χ0n) is 20.4. The van der Waals surface area contributed by atoms with Gasteiger partial charge in [0.1, 0.15) is 11.6 Å². The first kappa shape index (κ1) is 23.4. The molecule has 0 saturated carbocycles. The third-order valence-corrected chi connectivity index (χ3v) is 7.18. The first-order valence-electron chi connectivity index (χ1n) is 12.1. The fourth-order valence-corrected chi connectivity index (χ4v) is 5.00. The molecular formula is C29H30ClN3O2. The van der Waals surface area contributed by atoms with Crippen molar-refractivity contribution in [2.45, 2.75) is 46.1 Å². The molecule has 1 amide bonds. The second-order valence-electron chi connectivity index (χ2n) is 9.42. The average Bonchev–Trinajstić information content (AvgIpc) is 3.41. The SMILES string of the molecule is Cc1ccc(C)c(N2CC(c3nc4ccccc4n3CCCOc3ccc(Cl)c(C)c3)CC2=O)c1. The standard InChI is InChI=1S/C29H30ClN3O2/c1-19-9-10-20(2)27(15-19)33-18-22(17-28(33)34)29-31-25-7-4-5-8-26(25)32(29)13-6-14-35-23-11-12-24(30)21(3)16-23/h4-5,7-12,15-16,22H,6,13-14,17-18H2,1-3H3. The van der Waals surface area contributed by atoms with Gasteiger partial charge in [0.15, 0.2) is 0 Å². The van der Waals surface area contributed by atoms with Crippen molar-refractivity contribution in [2.75, 3.05) is 18.1 Å². The van der Waals surface area contributed by atoms with Gasteiger partial charge in [0, 0.05) is 36.1 Å². The Balaban J connectivity index is 1.35. The maximum atomic E-state index is 13.1. The molecule has 4 aromatic rings. The van der Waals surface area contributed by atoms with Gasteiger partial charge in [-0.2, -0.15) is 0 Å². The molecule has 5 rings (SSSR count). The topological polar surface area (TPSA) is 47.4 Å². The van der Waals surface area contributed by atoms with Gasteiger partial charge in [0.25, 0.3) is 0 Å². The van der Waals surface area contributed by atoms with Crippen molar-refractivity contribution in [2.24, 2.45) is 0 Å². The minimum atomic E-state index is 0.0506. The molecule has 0 aliphatic carbocycles. The van der Waals surface area contributed by atoms with Crippen LogP contribution in [-0.2, 0) is 11.3 Å². The van der Waals surface area contributed by atoms with Crippen LogP contribution in [0.3, 0.4) is 0 Å². The van der Waals surface area contributed by atoms with E-state index in [1.807, 2.05) is 48.2 Å². The highest BCUT2D eigenvalue weighted by Gasteiger charge is 2.35. The predicted molar refractivity (Wildman–Crippen MR) is 142 cm³/mol. The number of anilines is 1. The van der Waals surface area contributed by atoms with Gasteiger partial charge >= 0.3 is 0 Å². The van der Waals surface area contributed by atoms with Crippen molar-refractivity contribution in [1.29, 1.82) is 0 Å². The van der Waals surface area contributed by atoms with E-state index in [2.05, 4.69) is 42.7 Å². The van der Waals surface area contributed by atoms with Crippen LogP contribution in [0.1, 0.15) is 41.3 Å². The fourth-order valence-electron chi connectivity index (χ4n) is 4.88. The Kier molecular flexibility index (Phi) is 6.52. The molecule has 3 aromatic carbocycles. The van der Waals surface area contributed by atoms with E-state index in [9.17, 15) is 4.79 Å². The molecule has 2 heterocycles. The van der Waals surface area contributed by atoms with E-state index in [4.69, 9.17) is 21.3 Å². The van der Waals surface area contributed by atoms with E-state index in [1.165, 1.54) is 0 Å². The van der Waals surface area contributed by atoms with Crippen molar-refractivity contribution in [3.8, 4) is 5.75 Å². The highest BCUT2D eigenvalue weighted by Crippen LogP contribution is 2.35. The zero-order chi connectivity index (χ0) is 24.5. The molecule has 1 aliphatic rings. The van der Waals surface area contributed by atoms with Gasteiger partial charge in [-0.1, -0.05) is 35.9 Å². The molecule has 1 atom stereocenters. The number of fused-ring (bicyclic) bond motifs is 1. The second kappa shape index (κ2) is 9.74. The van der Waals surface area contributed by atoms with E-state index in [1.54, 1.807) is 0 Å². The Labute approximate surface area is 211 Å². The van der Waals surface area contributed by atoms with E-state index in [0.29, 0.717) is 19.6 Å². The van der Waals surface area contributed by atoms with E-state index < -0.39 is 0 Å². The lowest BCUT2D eigenvalue weighted by atomic mass is 10.1. The van der Waals surface area contributed by atoms with Gasteiger partial charge in [-0.25, -0.2) is 4.98 Å². The molecule has 1 unspecified atom stereocenters. The number of amides is 1. The lowest BCUT2D eigenvalue weighted by Crippen LogP contribution is -2.25. The normalized spacial score (nSPS) is 15.8. The molecule has 0 bridgehead atoms. The number of ether oxygens (including phenoxy) is 1. The van der Waals surface area contributed by atoms with Crippen LogP contribution in [0, 0.1) is 20.8 Å². The Morgan fingerprint density at radius 2 is 1.86 bits per heavy atom. The van der Waals surface area contributed by atoms with E-state index >= 15 is 0 Å². The number of carbonyl (C=O) groups excluding carboxylic acids is 1. The number of aromatic nitrogens is 2. The predicted octanol–water partition coefficient (Wildman–Crippen LogP) is 6.60. The van der Waals surface area contributed by atoms with Gasteiger partial charge < -0.3 is 14.2 Å². The summed E-state index contributed by atoms with van der Waals surface area (Å²) in [5.74, 6) is 2.02. The molecule has 0 radical (unpaired) electrons. The molecular weight excluding hydrogens is 458 g/mol. The second-order valence-corrected chi connectivity index (χ2v) is 9.83. The quantitative estimate of drug-likeness (QED) is 0.276. The number of hydrogen-bond acceptors (Lipinski definition) is 3. The third kappa shape index (κ3) is 4.78. The number of hydrogen-bond donors (Lipinski definition) is 0. The molecule has 1 fully saturated rings. The number of rotatable bonds is 7. The fraction of sp³-hybridized carbons (Fsp3) is 0.310. The van der Waals surface area contributed by atoms with E-state index in [-0.39, 0.29) is 11.8 Å². The van der Waals surface area contributed by atoms with Crippen LogP contribution in [0.4, 0.5) is 5.69 Å². The Hall–Kier alpha value is -3.31. The van der Waals surface area contributed by atoms with Crippen molar-refractivity contribution < 1.29 is 9.53 Å². The monoisotopic (exact) mass is 487 g/mol. The Morgan fingerprint density at radius 1 is 1.03 bits per heavy atom. The summed E-state index contributed by atoms with van der Waals surface area (Å²) in [4.78, 5) is 20.0. The summed E-state index contributed by atoms with van der Waals surface area (Å²) in [5, 5.41) is 0.743. The number of carbonyl (C=O) groups is 1. The summed E-state index contributed by atoms with van der Waals surface area (Å²) in [6.45, 7) is 8.11. The molecule has 1 saturated heterocycles. The molecule has 0 N–H and O–H groups in total. The summed E-state index contributed by atoms with van der Waals surface area (Å²) in [7, 11) is 0. The van der Waals surface area contributed by atoms with E-state index in [0.717, 1.165) is 63.0 Å². The van der Waals surface area contributed by atoms with Crippen LogP contribution in [0.5, 0.6) is 5.75 Å². The van der Waals surface area contributed by atoms with Crippen LogP contribution < -0.4 is 9.64 Å². The number of nitrogens with zero attached hydrogens (tertiary/aromatic N) is 3. The highest BCUT2D eigenvalue weighted by molar-refractivity contribution is 6.31. The van der Waals surface area contributed by atoms with Crippen molar-refractivity contribution >= 4 is 34.2 Å². The van der Waals surface area contributed by atoms with Gasteiger partial charge in [-0.15, -0.1) is 0 Å². The lowest BCUT2D eigenvalue weighted by Gasteiger charge is -2.20. The largest absolute Gasteiger partial charge is 0.494 e. The Bertz CT molecular complexity index is 1390. The summed E-state index contributed by atoms with van der Waals surface area (Å²) < 4.78 is 8.25. The summed E-state index contributed by atoms with van der Waals surface area (Å²) in [5.41, 5.74) is 6.35. The minimum Gasteiger partial charge on any atom is -0.494 e. The summed E-state index contributed by atoms with van der Waals surface area (Å²) in [6, 6.07) is 20.2. The van der Waals surface area contributed by atoms with Crippen LogP contribution in [-0.4, -0.2) is 28.6 Å². The van der Waals surface area contributed by atoms with Crippen molar-refractivity contribution in [3.05, 3.63) is 88.2 Å². The van der Waals surface area contributed by atoms with Gasteiger partial charge in [0.05, 0.1) is 17.6 Å². The molecule has 180 valence electrons. The molecule has 1 aromatic heterocycles. The number of para-hydroxylation sites is 2. The van der Waals surface area contributed by atoms with Gasteiger partial charge in [0.2, 0.25) is 5.91 Å². The lowest BCUT2D eigenvalue weighted by molar-refractivity contribution is -0.117. The number of benzene rings is 3. The van der Waals surface area contributed by atoms with Crippen LogP contribution in [0.2, 0.25) is 5.02 Å². The van der Waals surface area contributed by atoms with Gasteiger partial charge in [-0.3, -0.25) is 4.79 Å². The minimum absolute atomic E-state index is 0.0506. The molecule has 5 nitrogen and oxygen atoms in total. The smallest absolute Gasteiger partial charge is 0.227 e. The number of imidazole rings is 1. The Morgan fingerprint density at radius 3 is 2.69 bits per heavy atom. The van der Waals surface area contributed by atoms with Crippen LogP contribution in [0.25, 0.3) is 11.0 Å². The van der Waals surface area contributed by atoms with Crippen LogP contribution in [0.15, 0.2) is 60.7 Å². The molecule has 35 heavy (non-hydrogen) atoms. The van der Waals surface area contributed by atoms with Gasteiger partial charge in [-0.05, 0) is 80.3 Å². The number of halogens is 1. The zero-order valence-corrected chi connectivity index (χ0v) is 21.2. The maximum Gasteiger partial charge on any atom is 0.227 e. The van der Waals surface area contributed by atoms with Crippen molar-refractivity contribution in [1.82, 2.24) is 9.55 Å². The first-order chi connectivity index (χ1) is 16.9. The van der Waals surface area contributed by atoms with Crippen molar-refractivity contribution in [3.63, 3.8) is 0 Å². The molecule has 0 spiro atoms. The maximum absolute atomic E-state index is 13.1. The first-order valence-corrected chi connectivity index (χ1v) is 12.5. The number of aryl methyl sites for hydroxylation is 4. The third-order valence-electron chi connectivity index (χ3n) is 6.75. The summed E-state index contributed by atoms with van der Waals surface area (Å²) >= 11 is 6.13. The molecule has 6 heteroatoms. The molecule has 1 aliphatic heterocycles. The average molecular weight is 488 g/mol. The summed E-state index contributed by atoms with van der Waals surface area (Å²) in [6.07, 6.45) is 1.30. The van der Waals surface area contributed by atoms with Crippen LogP contribution >= 0.6 is 11.6 Å².